The fourth-order valence-electron chi connectivity index (χ4n) is 2.62. The summed E-state index contributed by atoms with van der Waals surface area (Å²) in [7, 11) is 1.64. The summed E-state index contributed by atoms with van der Waals surface area (Å²) in [5.41, 5.74) is 1.10. The number of ether oxygens (including phenoxy) is 1. The third-order valence-corrected chi connectivity index (χ3v) is 3.65. The molecule has 3 rings (SSSR count). The minimum absolute atomic E-state index is 0.0806. The van der Waals surface area contributed by atoms with Gasteiger partial charge < -0.3 is 10.1 Å². The maximum absolute atomic E-state index is 11.9. The number of hydrogen-bond acceptors (Lipinski definition) is 2. The molecule has 1 aromatic rings. The molecule has 3 heteroatoms. The van der Waals surface area contributed by atoms with Crippen LogP contribution in [0.4, 0.5) is 0 Å². The highest BCUT2D eigenvalue weighted by Crippen LogP contribution is 2.19. The smallest absolute Gasteiger partial charge is 0.249 e. The highest BCUT2D eigenvalue weighted by Gasteiger charge is 2.24. The Morgan fingerprint density at radius 2 is 2.15 bits per heavy atom. The molecule has 3 nitrogen and oxygen atoms in total. The molecule has 2 unspecified atom stereocenters. The first-order valence-corrected chi connectivity index (χ1v) is 6.81. The van der Waals surface area contributed by atoms with Crippen molar-refractivity contribution in [3.8, 4) is 0 Å². The number of carbonyl (C=O) groups is 1. The third-order valence-electron chi connectivity index (χ3n) is 3.65. The van der Waals surface area contributed by atoms with Crippen molar-refractivity contribution >= 4 is 17.6 Å². The van der Waals surface area contributed by atoms with Crippen LogP contribution in [-0.4, -0.2) is 25.2 Å². The van der Waals surface area contributed by atoms with Crippen LogP contribution in [0, 0.1) is 0 Å². The molecule has 0 spiro atoms. The van der Waals surface area contributed by atoms with Gasteiger partial charge in [-0.2, -0.15) is 0 Å². The summed E-state index contributed by atoms with van der Waals surface area (Å²) < 4.78 is 5.99. The highest BCUT2D eigenvalue weighted by atomic mass is 16.5. The van der Waals surface area contributed by atoms with Gasteiger partial charge in [0, 0.05) is 13.5 Å². The molecule has 2 atom stereocenters. The first kappa shape index (κ1) is 12.9. The molecule has 0 saturated heterocycles. The topological polar surface area (TPSA) is 38.3 Å². The molecule has 1 aliphatic carbocycles. The Morgan fingerprint density at radius 1 is 1.30 bits per heavy atom. The van der Waals surface area contributed by atoms with Crippen molar-refractivity contribution in [1.82, 2.24) is 5.32 Å². The Labute approximate surface area is 118 Å². The number of amides is 1. The van der Waals surface area contributed by atoms with Gasteiger partial charge in [-0.05, 0) is 16.0 Å². The van der Waals surface area contributed by atoms with Gasteiger partial charge in [0.15, 0.2) is 0 Å². The number of allylic oxidation sites excluding steroid dienone is 2. The van der Waals surface area contributed by atoms with Gasteiger partial charge in [-0.15, -0.1) is 0 Å². The van der Waals surface area contributed by atoms with E-state index in [1.807, 2.05) is 30.4 Å². The number of fused-ring (bicyclic) bond motifs is 2. The number of likely N-dealkylation sites (N-methyl/N-ethyl adjacent to an activating group) is 1. The van der Waals surface area contributed by atoms with Crippen molar-refractivity contribution in [2.45, 2.75) is 18.6 Å². The molecule has 0 radical (unpaired) electrons. The Hall–Kier alpha value is -2.13. The van der Waals surface area contributed by atoms with Gasteiger partial charge in [0.1, 0.15) is 12.2 Å². The van der Waals surface area contributed by atoms with Crippen LogP contribution in [0.25, 0.3) is 11.6 Å². The molecular weight excluding hydrogens is 250 g/mol. The van der Waals surface area contributed by atoms with Crippen molar-refractivity contribution in [2.24, 2.45) is 0 Å². The molecule has 1 N–H and O–H groups in total. The van der Waals surface area contributed by atoms with E-state index in [2.05, 4.69) is 29.6 Å². The van der Waals surface area contributed by atoms with Crippen LogP contribution in [0.3, 0.4) is 0 Å². The Balaban J connectivity index is 2.17. The maximum atomic E-state index is 11.9. The lowest BCUT2D eigenvalue weighted by atomic mass is 9.98. The van der Waals surface area contributed by atoms with E-state index in [0.717, 1.165) is 10.8 Å². The number of carbonyl (C=O) groups excluding carboxylic acids is 1. The summed E-state index contributed by atoms with van der Waals surface area (Å²) in [6, 6.07) is 8.23. The molecule has 1 heterocycles. The zero-order valence-corrected chi connectivity index (χ0v) is 11.4. The maximum Gasteiger partial charge on any atom is 0.249 e. The fourth-order valence-corrected chi connectivity index (χ4v) is 2.62. The van der Waals surface area contributed by atoms with Gasteiger partial charge in [0.25, 0.3) is 0 Å². The van der Waals surface area contributed by atoms with E-state index in [1.165, 1.54) is 5.22 Å². The summed E-state index contributed by atoms with van der Waals surface area (Å²) >= 11 is 0. The van der Waals surface area contributed by atoms with Gasteiger partial charge in [-0.1, -0.05) is 54.6 Å². The molecule has 2 aliphatic rings. The van der Waals surface area contributed by atoms with E-state index in [0.29, 0.717) is 6.42 Å². The molecule has 0 saturated carbocycles. The largest absolute Gasteiger partial charge is 0.357 e. The Bertz CT molecular complexity index is 700. The summed E-state index contributed by atoms with van der Waals surface area (Å²) in [6.07, 6.45) is 10.0. The second-order valence-corrected chi connectivity index (χ2v) is 4.89. The lowest BCUT2D eigenvalue weighted by Crippen LogP contribution is -2.41. The van der Waals surface area contributed by atoms with E-state index >= 15 is 0 Å². The molecule has 1 amide bonds. The van der Waals surface area contributed by atoms with Crippen LogP contribution in [0.15, 0.2) is 48.6 Å². The van der Waals surface area contributed by atoms with Crippen molar-refractivity contribution in [3.63, 3.8) is 0 Å². The molecule has 0 bridgehead atoms. The predicted molar refractivity (Wildman–Crippen MR) is 79.2 cm³/mol. The molecule has 102 valence electrons. The van der Waals surface area contributed by atoms with E-state index in [-0.39, 0.29) is 12.0 Å². The lowest BCUT2D eigenvalue weighted by Gasteiger charge is -2.25. The van der Waals surface area contributed by atoms with Crippen molar-refractivity contribution in [3.05, 3.63) is 59.0 Å². The predicted octanol–water partition coefficient (Wildman–Crippen LogP) is 0.647. The van der Waals surface area contributed by atoms with Crippen molar-refractivity contribution in [1.29, 1.82) is 0 Å². The van der Waals surface area contributed by atoms with E-state index in [1.54, 1.807) is 7.05 Å². The zero-order chi connectivity index (χ0) is 13.9. The van der Waals surface area contributed by atoms with Gasteiger partial charge in [0.2, 0.25) is 5.91 Å². The van der Waals surface area contributed by atoms with Crippen molar-refractivity contribution < 1.29 is 9.53 Å². The summed E-state index contributed by atoms with van der Waals surface area (Å²) in [4.78, 5) is 11.9. The molecular formula is C17H17NO2. The SMILES string of the molecule is CNC(=O)C1CC=c2cccc/c2=C2\C=CC=CC2O1. The average molecular weight is 267 g/mol. The normalized spacial score (nSPS) is 26.6. The van der Waals surface area contributed by atoms with Gasteiger partial charge in [0.05, 0.1) is 0 Å². The lowest BCUT2D eigenvalue weighted by molar-refractivity contribution is -0.132. The van der Waals surface area contributed by atoms with Crippen LogP contribution in [0.1, 0.15) is 6.42 Å². The number of hydrogen-bond donors (Lipinski definition) is 1. The van der Waals surface area contributed by atoms with Gasteiger partial charge in [-0.3, -0.25) is 4.79 Å². The summed E-state index contributed by atoms with van der Waals surface area (Å²) in [6.45, 7) is 0. The standard InChI is InChI=1S/C17H17NO2/c1-18-17(19)16-11-10-12-6-2-3-7-13(12)14-8-4-5-9-15(14)20-16/h2-10,15-16H,11H2,1H3,(H,18,19)/b12-10?,14-13-. The van der Waals surface area contributed by atoms with Crippen LogP contribution < -0.4 is 15.8 Å². The minimum Gasteiger partial charge on any atom is -0.357 e. The summed E-state index contributed by atoms with van der Waals surface area (Å²) in [5, 5.41) is 5.00. The molecule has 20 heavy (non-hydrogen) atoms. The van der Waals surface area contributed by atoms with Crippen LogP contribution >= 0.6 is 0 Å². The van der Waals surface area contributed by atoms with Gasteiger partial charge >= 0.3 is 0 Å². The zero-order valence-electron chi connectivity index (χ0n) is 11.4. The monoisotopic (exact) mass is 267 g/mol. The third kappa shape index (κ3) is 2.32. The highest BCUT2D eigenvalue weighted by molar-refractivity contribution is 5.81. The van der Waals surface area contributed by atoms with Crippen LogP contribution in [0.5, 0.6) is 0 Å². The van der Waals surface area contributed by atoms with Crippen LogP contribution in [0.2, 0.25) is 0 Å². The molecule has 1 aromatic carbocycles. The Morgan fingerprint density at radius 3 is 3.00 bits per heavy atom. The van der Waals surface area contributed by atoms with E-state index in [4.69, 9.17) is 4.74 Å². The number of rotatable bonds is 1. The quantitative estimate of drug-likeness (QED) is 0.811. The number of benzene rings is 1. The first-order valence-electron chi connectivity index (χ1n) is 6.81. The molecule has 0 aromatic heterocycles. The van der Waals surface area contributed by atoms with E-state index in [9.17, 15) is 4.79 Å². The minimum atomic E-state index is -0.454. The number of nitrogens with one attached hydrogen (secondary N) is 1. The van der Waals surface area contributed by atoms with Gasteiger partial charge in [-0.25, -0.2) is 0 Å². The average Bonchev–Trinajstić information content (AvgIpc) is 2.49. The fraction of sp³-hybridized carbons (Fsp3) is 0.235. The Kier molecular flexibility index (Phi) is 3.52. The van der Waals surface area contributed by atoms with E-state index < -0.39 is 6.10 Å². The van der Waals surface area contributed by atoms with Crippen LogP contribution in [-0.2, 0) is 9.53 Å². The molecule has 0 fully saturated rings. The summed E-state index contributed by atoms with van der Waals surface area (Å²) in [5.74, 6) is -0.0806. The second-order valence-electron chi connectivity index (χ2n) is 4.89. The second kappa shape index (κ2) is 5.47. The first-order chi connectivity index (χ1) is 9.79. The molecule has 1 aliphatic heterocycles. The van der Waals surface area contributed by atoms with Crippen molar-refractivity contribution in [2.75, 3.05) is 7.05 Å².